The van der Waals surface area contributed by atoms with Crippen LogP contribution in [0.1, 0.15) is 30.9 Å². The van der Waals surface area contributed by atoms with Crippen molar-refractivity contribution in [3.05, 3.63) is 47.7 Å². The number of nitrogens with one attached hydrogen (secondary N) is 1. The minimum Gasteiger partial charge on any atom is -0.347 e. The van der Waals surface area contributed by atoms with Gasteiger partial charge in [0.15, 0.2) is 5.13 Å². The molecule has 1 atom stereocenters. The maximum absolute atomic E-state index is 13.0. The molecule has 4 rings (SSSR count). The maximum Gasteiger partial charge on any atom is 0.229 e. The molecule has 3 aromatic rings. The van der Waals surface area contributed by atoms with Gasteiger partial charge in [-0.25, -0.2) is 9.97 Å². The van der Waals surface area contributed by atoms with Crippen LogP contribution in [0.4, 0.5) is 10.8 Å². The monoisotopic (exact) mass is 380 g/mol. The van der Waals surface area contributed by atoms with Gasteiger partial charge in [0.25, 0.3) is 0 Å². The van der Waals surface area contributed by atoms with Gasteiger partial charge in [-0.05, 0) is 49.4 Å². The predicted molar refractivity (Wildman–Crippen MR) is 112 cm³/mol. The van der Waals surface area contributed by atoms with Crippen LogP contribution in [0.2, 0.25) is 0 Å². The number of hydrogen-bond donors (Lipinski definition) is 1. The van der Waals surface area contributed by atoms with E-state index in [9.17, 15) is 4.79 Å². The molecule has 140 valence electrons. The summed E-state index contributed by atoms with van der Waals surface area (Å²) in [4.78, 5) is 25.2. The lowest BCUT2D eigenvalue weighted by atomic mass is 9.96. The number of piperidine rings is 1. The molecule has 1 amide bonds. The lowest BCUT2D eigenvalue weighted by Crippen LogP contribution is -2.40. The van der Waals surface area contributed by atoms with E-state index >= 15 is 0 Å². The number of pyridine rings is 1. The van der Waals surface area contributed by atoms with Crippen molar-refractivity contribution < 1.29 is 4.79 Å². The third-order valence-corrected chi connectivity index (χ3v) is 6.25. The van der Waals surface area contributed by atoms with Crippen LogP contribution in [-0.2, 0) is 11.2 Å². The van der Waals surface area contributed by atoms with Crippen molar-refractivity contribution >= 4 is 38.4 Å². The van der Waals surface area contributed by atoms with E-state index in [1.165, 1.54) is 5.56 Å². The van der Waals surface area contributed by atoms with Crippen molar-refractivity contribution in [3.63, 3.8) is 0 Å². The molecule has 1 unspecified atom stereocenters. The summed E-state index contributed by atoms with van der Waals surface area (Å²) in [7, 11) is 0. The quantitative estimate of drug-likeness (QED) is 0.728. The first kappa shape index (κ1) is 17.9. The summed E-state index contributed by atoms with van der Waals surface area (Å²) >= 11 is 1.60. The highest BCUT2D eigenvalue weighted by Gasteiger charge is 2.28. The van der Waals surface area contributed by atoms with Crippen LogP contribution in [-0.4, -0.2) is 29.0 Å². The van der Waals surface area contributed by atoms with Gasteiger partial charge in [-0.3, -0.25) is 4.79 Å². The molecule has 1 aliphatic heterocycles. The highest BCUT2D eigenvalue weighted by molar-refractivity contribution is 7.21. The first-order valence-corrected chi connectivity index (χ1v) is 10.3. The van der Waals surface area contributed by atoms with E-state index in [1.807, 2.05) is 18.2 Å². The van der Waals surface area contributed by atoms with Crippen LogP contribution >= 0.6 is 11.3 Å². The lowest BCUT2D eigenvalue weighted by Gasteiger charge is -2.32. The second kappa shape index (κ2) is 7.64. The number of hydrogen-bond acceptors (Lipinski definition) is 5. The van der Waals surface area contributed by atoms with Gasteiger partial charge < -0.3 is 10.2 Å². The van der Waals surface area contributed by atoms with Gasteiger partial charge in [0.1, 0.15) is 10.3 Å². The summed E-state index contributed by atoms with van der Waals surface area (Å²) in [5, 5.41) is 4.17. The van der Waals surface area contributed by atoms with Gasteiger partial charge in [-0.2, -0.15) is 0 Å². The molecule has 5 nitrogen and oxygen atoms in total. The number of thiazole rings is 1. The fourth-order valence-corrected chi connectivity index (χ4v) is 4.63. The fraction of sp³-hybridized carbons (Fsp3) is 0.381. The molecular weight excluding hydrogens is 356 g/mol. The Kier molecular flexibility index (Phi) is 5.07. The van der Waals surface area contributed by atoms with Crippen LogP contribution in [0, 0.1) is 12.8 Å². The van der Waals surface area contributed by atoms with Gasteiger partial charge in [-0.1, -0.05) is 36.5 Å². The smallest absolute Gasteiger partial charge is 0.229 e. The number of aryl methyl sites for hydroxylation is 2. The van der Waals surface area contributed by atoms with Crippen LogP contribution in [0.3, 0.4) is 0 Å². The Morgan fingerprint density at radius 1 is 1.33 bits per heavy atom. The molecule has 2 aromatic heterocycles. The third kappa shape index (κ3) is 3.67. The molecule has 0 bridgehead atoms. The van der Waals surface area contributed by atoms with Gasteiger partial charge in [0.05, 0.1) is 5.92 Å². The Morgan fingerprint density at radius 2 is 2.22 bits per heavy atom. The number of amides is 1. The van der Waals surface area contributed by atoms with Gasteiger partial charge in [-0.15, -0.1) is 0 Å². The van der Waals surface area contributed by atoms with Crippen LogP contribution in [0.15, 0.2) is 36.5 Å². The van der Waals surface area contributed by atoms with E-state index < -0.39 is 0 Å². The molecule has 1 fully saturated rings. The summed E-state index contributed by atoms with van der Waals surface area (Å²) in [6, 6.07) is 10.1. The summed E-state index contributed by atoms with van der Waals surface area (Å²) in [5.74, 6) is 0.0889. The van der Waals surface area contributed by atoms with Crippen molar-refractivity contribution in [2.75, 3.05) is 23.3 Å². The topological polar surface area (TPSA) is 58.1 Å². The number of nitrogens with zero attached hydrogens (tertiary/aromatic N) is 3. The van der Waals surface area contributed by atoms with Gasteiger partial charge in [0.2, 0.25) is 5.91 Å². The number of anilines is 2. The van der Waals surface area contributed by atoms with E-state index in [-0.39, 0.29) is 11.8 Å². The SMILES string of the molecule is CCc1cccc(C)c1NC(=O)C1CCCN(c2nc3cccnc3s2)C1. The Hall–Kier alpha value is -2.47. The molecular formula is C21H24N4OS. The normalized spacial score (nSPS) is 17.3. The highest BCUT2D eigenvalue weighted by Crippen LogP contribution is 2.31. The number of para-hydroxylation sites is 1. The largest absolute Gasteiger partial charge is 0.347 e. The molecule has 0 aliphatic carbocycles. The average molecular weight is 381 g/mol. The molecule has 0 radical (unpaired) electrons. The zero-order valence-electron chi connectivity index (χ0n) is 15.7. The Bertz CT molecular complexity index is 935. The van der Waals surface area contributed by atoms with Crippen molar-refractivity contribution in [2.45, 2.75) is 33.1 Å². The molecule has 1 N–H and O–H groups in total. The van der Waals surface area contributed by atoms with Crippen LogP contribution < -0.4 is 10.2 Å². The molecule has 0 spiro atoms. The van der Waals surface area contributed by atoms with Crippen molar-refractivity contribution in [3.8, 4) is 0 Å². The zero-order valence-corrected chi connectivity index (χ0v) is 16.6. The number of carbonyl (C=O) groups excluding carboxylic acids is 1. The number of carbonyl (C=O) groups is 1. The fourth-order valence-electron chi connectivity index (χ4n) is 3.69. The molecule has 1 saturated heterocycles. The number of aromatic nitrogens is 2. The van der Waals surface area contributed by atoms with Gasteiger partial charge >= 0.3 is 0 Å². The third-order valence-electron chi connectivity index (χ3n) is 5.21. The predicted octanol–water partition coefficient (Wildman–Crippen LogP) is 4.42. The second-order valence-corrected chi connectivity index (χ2v) is 8.02. The standard InChI is InChI=1S/C21H24N4OS/c1-3-15-8-4-7-14(2)18(15)24-19(26)16-9-6-12-25(13-16)21-23-17-10-5-11-22-20(17)27-21/h4-5,7-8,10-11,16H,3,6,9,12-13H2,1-2H3,(H,24,26). The lowest BCUT2D eigenvalue weighted by molar-refractivity contribution is -0.120. The number of benzene rings is 1. The van der Waals surface area contributed by atoms with Gasteiger partial charge in [0, 0.05) is 25.0 Å². The average Bonchev–Trinajstić information content (AvgIpc) is 3.14. The minimum atomic E-state index is -0.0250. The molecule has 0 saturated carbocycles. The van der Waals surface area contributed by atoms with Crippen LogP contribution in [0.5, 0.6) is 0 Å². The van der Waals surface area contributed by atoms with Crippen molar-refractivity contribution in [1.82, 2.24) is 9.97 Å². The number of fused-ring (bicyclic) bond motifs is 1. The summed E-state index contributed by atoms with van der Waals surface area (Å²) in [6.45, 7) is 5.82. The summed E-state index contributed by atoms with van der Waals surface area (Å²) in [5.41, 5.74) is 4.21. The van der Waals surface area contributed by atoms with E-state index in [0.29, 0.717) is 6.54 Å². The summed E-state index contributed by atoms with van der Waals surface area (Å²) < 4.78 is 0. The molecule has 3 heterocycles. The van der Waals surface area contributed by atoms with E-state index in [1.54, 1.807) is 17.5 Å². The first-order valence-electron chi connectivity index (χ1n) is 9.51. The van der Waals surface area contributed by atoms with Crippen molar-refractivity contribution in [2.24, 2.45) is 5.92 Å². The molecule has 27 heavy (non-hydrogen) atoms. The zero-order chi connectivity index (χ0) is 18.8. The summed E-state index contributed by atoms with van der Waals surface area (Å²) in [6.07, 6.45) is 4.62. The Balaban J connectivity index is 1.50. The minimum absolute atomic E-state index is 0.0250. The van der Waals surface area contributed by atoms with E-state index in [2.05, 4.69) is 41.2 Å². The van der Waals surface area contributed by atoms with E-state index in [0.717, 1.165) is 52.5 Å². The molecule has 1 aromatic carbocycles. The Morgan fingerprint density at radius 3 is 3.04 bits per heavy atom. The molecule has 6 heteroatoms. The second-order valence-electron chi connectivity index (χ2n) is 7.06. The van der Waals surface area contributed by atoms with Crippen molar-refractivity contribution in [1.29, 1.82) is 0 Å². The first-order chi connectivity index (χ1) is 13.2. The molecule has 1 aliphatic rings. The highest BCUT2D eigenvalue weighted by atomic mass is 32.1. The Labute approximate surface area is 163 Å². The van der Waals surface area contributed by atoms with Crippen LogP contribution in [0.25, 0.3) is 10.3 Å². The number of rotatable bonds is 4. The van der Waals surface area contributed by atoms with E-state index in [4.69, 9.17) is 4.98 Å². The maximum atomic E-state index is 13.0.